The Labute approximate surface area is 171 Å². The lowest BCUT2D eigenvalue weighted by molar-refractivity contribution is -0.109. The second-order valence-electron chi connectivity index (χ2n) is 8.57. The van der Waals surface area contributed by atoms with Gasteiger partial charge in [0.1, 0.15) is 12.1 Å². The number of nitrogens with zero attached hydrogens (tertiary/aromatic N) is 1. The van der Waals surface area contributed by atoms with Crippen LogP contribution in [0.5, 0.6) is 0 Å². The van der Waals surface area contributed by atoms with Gasteiger partial charge in [0.25, 0.3) is 0 Å². The molecule has 0 radical (unpaired) electrons. The minimum Gasteiger partial charge on any atom is -0.392 e. The molecule has 1 saturated heterocycles. The maximum absolute atomic E-state index is 15.6. The molecule has 156 valence electrons. The predicted octanol–water partition coefficient (Wildman–Crippen LogP) is 3.38. The molecule has 0 bridgehead atoms. The number of hydrogen-bond acceptors (Lipinski definition) is 5. The molecular weight excluding hydrogens is 369 g/mol. The quantitative estimate of drug-likeness (QED) is 0.623. The van der Waals surface area contributed by atoms with Crippen molar-refractivity contribution in [2.75, 3.05) is 20.1 Å². The molecule has 1 aliphatic rings. The van der Waals surface area contributed by atoms with Gasteiger partial charge >= 0.3 is 0 Å². The number of benzene rings is 1. The molecule has 0 amide bonds. The summed E-state index contributed by atoms with van der Waals surface area (Å²) in [6.45, 7) is 8.99. The number of allylic oxidation sites excluding steroid dienone is 1. The summed E-state index contributed by atoms with van der Waals surface area (Å²) >= 11 is 0. The summed E-state index contributed by atoms with van der Waals surface area (Å²) in [4.78, 5) is 16.0. The molecule has 2 unspecified atom stereocenters. The van der Waals surface area contributed by atoms with E-state index in [2.05, 4.69) is 22.2 Å². The minimum absolute atomic E-state index is 0.293. The minimum atomic E-state index is -1.28. The van der Waals surface area contributed by atoms with Gasteiger partial charge in [0.2, 0.25) is 0 Å². The van der Waals surface area contributed by atoms with E-state index >= 15 is 4.39 Å². The van der Waals surface area contributed by atoms with Gasteiger partial charge in [-0.25, -0.2) is 4.39 Å². The first-order chi connectivity index (χ1) is 13.7. The molecule has 3 rings (SSSR count). The highest BCUT2D eigenvalue weighted by atomic mass is 19.1. The maximum atomic E-state index is 15.6. The number of carbonyl (C=O) groups excluding carboxylic acids is 1. The van der Waals surface area contributed by atoms with E-state index in [0.29, 0.717) is 54.4 Å². The Hall–Kier alpha value is -2.31. The van der Waals surface area contributed by atoms with Crippen LogP contribution in [0, 0.1) is 11.2 Å². The third-order valence-electron chi connectivity index (χ3n) is 6.32. The molecule has 1 aliphatic heterocycles. The van der Waals surface area contributed by atoms with Gasteiger partial charge in [-0.1, -0.05) is 26.5 Å². The second kappa shape index (κ2) is 8.20. The average Bonchev–Trinajstić information content (AvgIpc) is 2.71. The summed E-state index contributed by atoms with van der Waals surface area (Å²) < 4.78 is 15.6. The Morgan fingerprint density at radius 1 is 1.48 bits per heavy atom. The van der Waals surface area contributed by atoms with E-state index in [1.54, 1.807) is 31.4 Å². The first-order valence-corrected chi connectivity index (χ1v) is 10.1. The van der Waals surface area contributed by atoms with Crippen LogP contribution >= 0.6 is 0 Å². The van der Waals surface area contributed by atoms with Crippen LogP contribution < -0.4 is 10.6 Å². The smallest absolute Gasteiger partial charge is 0.138 e. The number of pyridine rings is 1. The number of piperidine rings is 1. The predicted molar refractivity (Wildman–Crippen MR) is 113 cm³/mol. The molecule has 0 spiro atoms. The highest BCUT2D eigenvalue weighted by molar-refractivity contribution is 5.82. The van der Waals surface area contributed by atoms with E-state index in [4.69, 9.17) is 0 Å². The number of halogens is 1. The first kappa shape index (κ1) is 21.4. The molecule has 0 saturated carbocycles. The number of nitrogens with one attached hydrogen (secondary N) is 2. The molecule has 2 heterocycles. The summed E-state index contributed by atoms with van der Waals surface area (Å²) in [7, 11) is 1.79. The fourth-order valence-electron chi connectivity index (χ4n) is 4.12. The van der Waals surface area contributed by atoms with Gasteiger partial charge in [-0.15, -0.1) is 0 Å². The van der Waals surface area contributed by atoms with Crippen molar-refractivity contribution in [3.63, 3.8) is 0 Å². The zero-order valence-corrected chi connectivity index (χ0v) is 17.4. The molecule has 1 aromatic heterocycles. The van der Waals surface area contributed by atoms with Crippen molar-refractivity contribution >= 4 is 17.2 Å². The highest BCUT2D eigenvalue weighted by Gasteiger charge is 2.48. The van der Waals surface area contributed by atoms with Crippen LogP contribution in [0.4, 0.5) is 4.39 Å². The normalized spacial score (nSPS) is 22.2. The van der Waals surface area contributed by atoms with Crippen molar-refractivity contribution in [3.05, 3.63) is 53.6 Å². The lowest BCUT2D eigenvalue weighted by Crippen LogP contribution is -2.54. The van der Waals surface area contributed by atoms with Crippen molar-refractivity contribution in [2.45, 2.75) is 44.6 Å². The number of rotatable bonds is 7. The number of fused-ring (bicyclic) bond motifs is 1. The molecule has 0 aliphatic carbocycles. The van der Waals surface area contributed by atoms with Gasteiger partial charge in [-0.05, 0) is 43.5 Å². The summed E-state index contributed by atoms with van der Waals surface area (Å²) in [5, 5.41) is 18.0. The summed E-state index contributed by atoms with van der Waals surface area (Å²) in [5.74, 6) is -0.850. The SMILES string of the molecule is C=C(CCC(C=O)c1cnc2ccc(C3(O)CCNCC3(C)C)c(F)c2c1)NC. The zero-order chi connectivity index (χ0) is 21.2. The number of carbonyl (C=O) groups is 1. The van der Waals surface area contributed by atoms with E-state index in [9.17, 15) is 9.90 Å². The van der Waals surface area contributed by atoms with Crippen molar-refractivity contribution in [2.24, 2.45) is 5.41 Å². The molecular formula is C23H30FN3O2. The lowest BCUT2D eigenvalue weighted by atomic mass is 9.67. The van der Waals surface area contributed by atoms with E-state index in [1.807, 2.05) is 13.8 Å². The van der Waals surface area contributed by atoms with Gasteiger partial charge < -0.3 is 20.5 Å². The first-order valence-electron chi connectivity index (χ1n) is 10.1. The van der Waals surface area contributed by atoms with Crippen molar-refractivity contribution in [1.29, 1.82) is 0 Å². The molecule has 2 aromatic rings. The Morgan fingerprint density at radius 2 is 2.24 bits per heavy atom. The van der Waals surface area contributed by atoms with Crippen LogP contribution in [0.15, 0.2) is 36.7 Å². The number of hydrogen-bond donors (Lipinski definition) is 3. The highest BCUT2D eigenvalue weighted by Crippen LogP contribution is 2.45. The fraction of sp³-hybridized carbons (Fsp3) is 0.478. The van der Waals surface area contributed by atoms with Crippen LogP contribution in [0.25, 0.3) is 10.9 Å². The fourth-order valence-corrected chi connectivity index (χ4v) is 4.12. The van der Waals surface area contributed by atoms with Crippen LogP contribution in [-0.4, -0.2) is 36.5 Å². The van der Waals surface area contributed by atoms with E-state index in [1.165, 1.54) is 0 Å². The van der Waals surface area contributed by atoms with Gasteiger partial charge in [-0.2, -0.15) is 0 Å². The van der Waals surface area contributed by atoms with Crippen LogP contribution in [0.2, 0.25) is 0 Å². The Morgan fingerprint density at radius 3 is 2.90 bits per heavy atom. The summed E-state index contributed by atoms with van der Waals surface area (Å²) in [6.07, 6.45) is 4.14. The molecule has 1 fully saturated rings. The molecule has 3 N–H and O–H groups in total. The van der Waals surface area contributed by atoms with Crippen LogP contribution in [-0.2, 0) is 10.4 Å². The monoisotopic (exact) mass is 399 g/mol. The molecule has 1 aromatic carbocycles. The number of aliphatic hydroxyl groups is 1. The molecule has 29 heavy (non-hydrogen) atoms. The largest absolute Gasteiger partial charge is 0.392 e. The number of aromatic nitrogens is 1. The lowest BCUT2D eigenvalue weighted by Gasteiger charge is -2.47. The third-order valence-corrected chi connectivity index (χ3v) is 6.32. The standard InChI is InChI=1S/C23H30FN3O2/c1-15(25-4)5-6-16(13-28)17-11-18-20(27-12-17)8-7-19(21(18)24)23(29)9-10-26-14-22(23,2)3/h7-8,11-13,16,25-26,29H,1,5-6,9-10,14H2,2-4H3. The van der Waals surface area contributed by atoms with E-state index < -0.39 is 22.8 Å². The van der Waals surface area contributed by atoms with Crippen molar-refractivity contribution < 1.29 is 14.3 Å². The molecule has 6 heteroatoms. The van der Waals surface area contributed by atoms with Gasteiger partial charge in [-0.3, -0.25) is 4.98 Å². The molecule has 5 nitrogen and oxygen atoms in total. The zero-order valence-electron chi connectivity index (χ0n) is 17.4. The number of aldehydes is 1. The van der Waals surface area contributed by atoms with Crippen molar-refractivity contribution in [1.82, 2.24) is 15.6 Å². The third kappa shape index (κ3) is 3.91. The average molecular weight is 400 g/mol. The summed E-state index contributed by atoms with van der Waals surface area (Å²) in [6, 6.07) is 5.08. The molecule has 2 atom stereocenters. The topological polar surface area (TPSA) is 74.2 Å². The van der Waals surface area contributed by atoms with Gasteiger partial charge in [0, 0.05) is 47.8 Å². The van der Waals surface area contributed by atoms with Gasteiger partial charge in [0.15, 0.2) is 0 Å². The Bertz CT molecular complexity index is 928. The summed E-state index contributed by atoms with van der Waals surface area (Å²) in [5.41, 5.74) is 0.514. The van der Waals surface area contributed by atoms with E-state index in [-0.39, 0.29) is 0 Å². The van der Waals surface area contributed by atoms with Gasteiger partial charge in [0.05, 0.1) is 11.1 Å². The second-order valence-corrected chi connectivity index (χ2v) is 8.57. The van der Waals surface area contributed by atoms with Crippen LogP contribution in [0.1, 0.15) is 50.2 Å². The van der Waals surface area contributed by atoms with Crippen molar-refractivity contribution in [3.8, 4) is 0 Å². The van der Waals surface area contributed by atoms with Crippen LogP contribution in [0.3, 0.4) is 0 Å². The Balaban J connectivity index is 2.03. The Kier molecular flexibility index (Phi) is 6.05. The maximum Gasteiger partial charge on any atom is 0.138 e. The van der Waals surface area contributed by atoms with E-state index in [0.717, 1.165) is 12.0 Å².